The Morgan fingerprint density at radius 3 is 2.13 bits per heavy atom. The van der Waals surface area contributed by atoms with Gasteiger partial charge in [0.1, 0.15) is 18.3 Å². The predicted molar refractivity (Wildman–Crippen MR) is 110 cm³/mol. The van der Waals surface area contributed by atoms with Gasteiger partial charge in [-0.1, -0.05) is 53.5 Å². The van der Waals surface area contributed by atoms with Gasteiger partial charge in [0.2, 0.25) is 6.29 Å². The van der Waals surface area contributed by atoms with E-state index in [1.165, 1.54) is 0 Å². The Morgan fingerprint density at radius 1 is 0.903 bits per heavy atom. The number of carboxylic acid groups (broad SMARTS) is 1. The summed E-state index contributed by atoms with van der Waals surface area (Å²) in [5.41, 5.74) is 2.06. The molecule has 0 bridgehead atoms. The fraction of sp³-hybridized carbons (Fsp3) is 0.333. The van der Waals surface area contributed by atoms with Gasteiger partial charge in [-0.15, -0.1) is 0 Å². The summed E-state index contributed by atoms with van der Waals surface area (Å²) in [6.45, 7) is 0. The molecule has 3 rings (SSSR count). The molecule has 1 saturated heterocycles. The van der Waals surface area contributed by atoms with Crippen molar-refractivity contribution in [2.75, 3.05) is 0 Å². The second kappa shape index (κ2) is 9.95. The van der Waals surface area contributed by atoms with Gasteiger partial charge in [0.25, 0.3) is 0 Å². The molecule has 1 aliphatic heterocycles. The molecule has 0 saturated carbocycles. The minimum atomic E-state index is -1.87. The standard InChI is InChI=1S/C21H20Cl2O8/c22-13-6-3-7-14(23)12(13)8-10-4-1-2-5-11(10)9-15(24)30-21-18(27)16(25)17(26)19(31-21)20(28)29/h1-7,16-19,21,25-27H,8-9H2,(H,28,29). The molecule has 0 spiro atoms. The van der Waals surface area contributed by atoms with Crippen molar-refractivity contribution in [3.8, 4) is 0 Å². The van der Waals surface area contributed by atoms with Crippen LogP contribution in [0.4, 0.5) is 0 Å². The van der Waals surface area contributed by atoms with Crippen molar-refractivity contribution in [1.82, 2.24) is 0 Å². The number of carboxylic acids is 1. The Bertz CT molecular complexity index is 946. The van der Waals surface area contributed by atoms with Gasteiger partial charge in [0.05, 0.1) is 6.42 Å². The SMILES string of the molecule is O=C(Cc1ccccc1Cc1c(Cl)cccc1Cl)OC1OC(C(=O)O)C(O)C(O)C1O. The Labute approximate surface area is 187 Å². The van der Waals surface area contributed by atoms with E-state index in [2.05, 4.69) is 0 Å². The third-order valence-corrected chi connectivity index (χ3v) is 5.65. The summed E-state index contributed by atoms with van der Waals surface area (Å²) in [6, 6.07) is 12.2. The van der Waals surface area contributed by atoms with Gasteiger partial charge in [-0.2, -0.15) is 0 Å². The van der Waals surface area contributed by atoms with Crippen LogP contribution in [0.5, 0.6) is 0 Å². The Kier molecular flexibility index (Phi) is 7.53. The Balaban J connectivity index is 1.73. The van der Waals surface area contributed by atoms with Gasteiger partial charge in [0, 0.05) is 16.5 Å². The minimum Gasteiger partial charge on any atom is -0.479 e. The van der Waals surface area contributed by atoms with Crippen molar-refractivity contribution in [2.45, 2.75) is 43.5 Å². The first-order chi connectivity index (χ1) is 14.7. The Morgan fingerprint density at radius 2 is 1.52 bits per heavy atom. The number of ether oxygens (including phenoxy) is 2. The number of hydrogen-bond donors (Lipinski definition) is 4. The molecule has 0 aliphatic carbocycles. The van der Waals surface area contributed by atoms with E-state index < -0.39 is 42.6 Å². The molecule has 5 atom stereocenters. The van der Waals surface area contributed by atoms with Crippen LogP contribution >= 0.6 is 23.2 Å². The summed E-state index contributed by atoms with van der Waals surface area (Å²) < 4.78 is 10.0. The molecule has 166 valence electrons. The van der Waals surface area contributed by atoms with Crippen molar-refractivity contribution < 1.29 is 39.5 Å². The molecule has 5 unspecified atom stereocenters. The van der Waals surface area contributed by atoms with Crippen LogP contribution in [0.1, 0.15) is 16.7 Å². The molecule has 31 heavy (non-hydrogen) atoms. The average Bonchev–Trinajstić information content (AvgIpc) is 2.72. The third-order valence-electron chi connectivity index (χ3n) is 4.94. The van der Waals surface area contributed by atoms with Crippen LogP contribution in [0.3, 0.4) is 0 Å². The lowest BCUT2D eigenvalue weighted by Gasteiger charge is -2.37. The van der Waals surface area contributed by atoms with Crippen molar-refractivity contribution in [3.63, 3.8) is 0 Å². The normalized spacial score (nSPS) is 25.8. The van der Waals surface area contributed by atoms with Gasteiger partial charge in [-0.3, -0.25) is 4.79 Å². The van der Waals surface area contributed by atoms with Crippen molar-refractivity contribution >= 4 is 35.1 Å². The zero-order valence-electron chi connectivity index (χ0n) is 16.0. The van der Waals surface area contributed by atoms with Crippen LogP contribution in [0.2, 0.25) is 10.0 Å². The van der Waals surface area contributed by atoms with E-state index in [-0.39, 0.29) is 6.42 Å². The molecule has 0 aromatic heterocycles. The Hall–Kier alpha value is -2.20. The van der Waals surface area contributed by atoms with E-state index in [4.69, 9.17) is 37.8 Å². The molecule has 0 radical (unpaired) electrons. The van der Waals surface area contributed by atoms with E-state index in [9.17, 15) is 24.9 Å². The molecule has 4 N–H and O–H groups in total. The van der Waals surface area contributed by atoms with Crippen LogP contribution in [0.15, 0.2) is 42.5 Å². The molecule has 2 aromatic rings. The van der Waals surface area contributed by atoms with Crippen molar-refractivity contribution in [2.24, 2.45) is 0 Å². The monoisotopic (exact) mass is 470 g/mol. The first kappa shape index (κ1) is 23.5. The highest BCUT2D eigenvalue weighted by atomic mass is 35.5. The first-order valence-electron chi connectivity index (χ1n) is 9.30. The number of aliphatic hydroxyl groups excluding tert-OH is 3. The van der Waals surface area contributed by atoms with Crippen LogP contribution in [0.25, 0.3) is 0 Å². The lowest BCUT2D eigenvalue weighted by atomic mass is 9.97. The minimum absolute atomic E-state index is 0.221. The number of rotatable bonds is 6. The van der Waals surface area contributed by atoms with Crippen LogP contribution < -0.4 is 0 Å². The van der Waals surface area contributed by atoms with Crippen LogP contribution in [-0.2, 0) is 31.9 Å². The molecule has 10 heteroatoms. The van der Waals surface area contributed by atoms with Gasteiger partial charge < -0.3 is 29.9 Å². The molecule has 8 nitrogen and oxygen atoms in total. The van der Waals surface area contributed by atoms with E-state index in [1.54, 1.807) is 42.5 Å². The predicted octanol–water partition coefficient (Wildman–Crippen LogP) is 1.56. The summed E-state index contributed by atoms with van der Waals surface area (Å²) in [4.78, 5) is 23.6. The number of aliphatic carboxylic acids is 1. The maximum Gasteiger partial charge on any atom is 0.335 e. The summed E-state index contributed by atoms with van der Waals surface area (Å²) in [5.74, 6) is -2.39. The van der Waals surface area contributed by atoms with Crippen LogP contribution in [0, 0.1) is 0 Å². The van der Waals surface area contributed by atoms with Crippen molar-refractivity contribution in [3.05, 3.63) is 69.2 Å². The molecule has 2 aromatic carbocycles. The fourth-order valence-electron chi connectivity index (χ4n) is 3.27. The van der Waals surface area contributed by atoms with E-state index in [0.29, 0.717) is 27.6 Å². The summed E-state index contributed by atoms with van der Waals surface area (Å²) in [6.07, 6.45) is -9.02. The molecule has 0 amide bonds. The maximum absolute atomic E-state index is 12.5. The average molecular weight is 471 g/mol. The summed E-state index contributed by atoms with van der Waals surface area (Å²) in [7, 11) is 0. The smallest absolute Gasteiger partial charge is 0.335 e. The van der Waals surface area contributed by atoms with Gasteiger partial charge in [0.15, 0.2) is 6.10 Å². The molecular weight excluding hydrogens is 451 g/mol. The zero-order valence-corrected chi connectivity index (χ0v) is 17.5. The second-order valence-electron chi connectivity index (χ2n) is 7.05. The van der Waals surface area contributed by atoms with E-state index in [1.807, 2.05) is 0 Å². The first-order valence-corrected chi connectivity index (χ1v) is 10.1. The number of carbonyl (C=O) groups is 2. The summed E-state index contributed by atoms with van der Waals surface area (Å²) >= 11 is 12.5. The number of carbonyl (C=O) groups excluding carboxylic acids is 1. The van der Waals surface area contributed by atoms with E-state index in [0.717, 1.165) is 5.56 Å². The van der Waals surface area contributed by atoms with Crippen LogP contribution in [-0.4, -0.2) is 63.1 Å². The van der Waals surface area contributed by atoms with Gasteiger partial charge in [-0.05, 0) is 28.8 Å². The quantitative estimate of drug-likeness (QED) is 0.467. The highest BCUT2D eigenvalue weighted by molar-refractivity contribution is 6.36. The third kappa shape index (κ3) is 5.35. The maximum atomic E-state index is 12.5. The fourth-order valence-corrected chi connectivity index (χ4v) is 3.80. The molecule has 1 fully saturated rings. The number of esters is 1. The summed E-state index contributed by atoms with van der Waals surface area (Å²) in [5, 5.41) is 39.6. The molecular formula is C21H20Cl2O8. The zero-order chi connectivity index (χ0) is 22.7. The lowest BCUT2D eigenvalue weighted by molar-refractivity contribution is -0.286. The van der Waals surface area contributed by atoms with E-state index >= 15 is 0 Å². The highest BCUT2D eigenvalue weighted by Gasteiger charge is 2.48. The van der Waals surface area contributed by atoms with Crippen molar-refractivity contribution in [1.29, 1.82) is 0 Å². The second-order valence-corrected chi connectivity index (χ2v) is 7.86. The lowest BCUT2D eigenvalue weighted by Crippen LogP contribution is -2.60. The van der Waals surface area contributed by atoms with Gasteiger partial charge >= 0.3 is 11.9 Å². The largest absolute Gasteiger partial charge is 0.479 e. The van der Waals surface area contributed by atoms with Gasteiger partial charge in [-0.25, -0.2) is 4.79 Å². The topological polar surface area (TPSA) is 134 Å². The molecule has 1 heterocycles. The number of halogens is 2. The number of benzene rings is 2. The molecule has 1 aliphatic rings. The number of aliphatic hydroxyl groups is 3. The highest BCUT2D eigenvalue weighted by Crippen LogP contribution is 2.28. The number of hydrogen-bond acceptors (Lipinski definition) is 7.